The fraction of sp³-hybridized carbons (Fsp3) is 0.120. The van der Waals surface area contributed by atoms with E-state index in [1.54, 1.807) is 20.3 Å². The van der Waals surface area contributed by atoms with E-state index in [4.69, 9.17) is 9.47 Å². The van der Waals surface area contributed by atoms with Gasteiger partial charge in [0.2, 0.25) is 0 Å². The van der Waals surface area contributed by atoms with E-state index in [0.29, 0.717) is 16.7 Å². The Hall–Kier alpha value is -3.86. The molecule has 1 aliphatic rings. The highest BCUT2D eigenvalue weighted by molar-refractivity contribution is 6.33. The number of carbonyl (C=O) groups is 2. The minimum absolute atomic E-state index is 0.190. The van der Waals surface area contributed by atoms with Crippen LogP contribution in [-0.2, 0) is 11.3 Å². The molecule has 0 saturated heterocycles. The van der Waals surface area contributed by atoms with Crippen molar-refractivity contribution >= 4 is 23.5 Å². The second-order valence-electron chi connectivity index (χ2n) is 6.92. The number of carbonyl (C=O) groups excluding carboxylic acids is 2. The van der Waals surface area contributed by atoms with Crippen LogP contribution in [0.3, 0.4) is 0 Å². The first-order valence-corrected chi connectivity index (χ1v) is 9.55. The predicted molar refractivity (Wildman–Crippen MR) is 115 cm³/mol. The molecule has 0 atom stereocenters. The molecule has 3 aromatic carbocycles. The van der Waals surface area contributed by atoms with Crippen molar-refractivity contribution in [1.82, 2.24) is 4.90 Å². The molecule has 5 heteroatoms. The summed E-state index contributed by atoms with van der Waals surface area (Å²) >= 11 is 0. The Kier molecular flexibility index (Phi) is 5.35. The highest BCUT2D eigenvalue weighted by Crippen LogP contribution is 2.31. The number of fused-ring (bicyclic) bond motifs is 1. The number of ether oxygens (including phenoxy) is 2. The number of hydrogen-bond acceptors (Lipinski definition) is 4. The molecule has 1 heterocycles. The molecule has 0 spiro atoms. The highest BCUT2D eigenvalue weighted by atomic mass is 16.5. The van der Waals surface area contributed by atoms with Crippen LogP contribution >= 0.6 is 0 Å². The fourth-order valence-electron chi connectivity index (χ4n) is 3.47. The lowest BCUT2D eigenvalue weighted by atomic mass is 9.91. The highest BCUT2D eigenvalue weighted by Gasteiger charge is 2.34. The van der Waals surface area contributed by atoms with Crippen molar-refractivity contribution in [1.29, 1.82) is 0 Å². The quantitative estimate of drug-likeness (QED) is 0.471. The number of methoxy groups -OCH3 is 2. The fourth-order valence-corrected chi connectivity index (χ4v) is 3.47. The minimum Gasteiger partial charge on any atom is -0.497 e. The third kappa shape index (κ3) is 3.70. The van der Waals surface area contributed by atoms with Crippen LogP contribution in [0.15, 0.2) is 72.8 Å². The van der Waals surface area contributed by atoms with Crippen LogP contribution in [0.2, 0.25) is 0 Å². The Balaban J connectivity index is 1.73. The third-order valence-electron chi connectivity index (χ3n) is 5.09. The molecular weight excluding hydrogens is 378 g/mol. The molecule has 3 aromatic rings. The van der Waals surface area contributed by atoms with Gasteiger partial charge < -0.3 is 9.47 Å². The van der Waals surface area contributed by atoms with Crippen LogP contribution in [0.1, 0.15) is 27.0 Å². The molecule has 1 aliphatic heterocycles. The van der Waals surface area contributed by atoms with E-state index in [9.17, 15) is 9.59 Å². The summed E-state index contributed by atoms with van der Waals surface area (Å²) in [6.07, 6.45) is 1.81. The van der Waals surface area contributed by atoms with E-state index >= 15 is 0 Å². The van der Waals surface area contributed by atoms with Gasteiger partial charge in [0.05, 0.1) is 20.8 Å². The van der Waals surface area contributed by atoms with Crippen LogP contribution < -0.4 is 9.47 Å². The van der Waals surface area contributed by atoms with Gasteiger partial charge in [-0.05, 0) is 53.1 Å². The van der Waals surface area contributed by atoms with E-state index in [1.807, 2.05) is 72.8 Å². The summed E-state index contributed by atoms with van der Waals surface area (Å²) in [5.74, 6) is 0.855. The van der Waals surface area contributed by atoms with Crippen molar-refractivity contribution in [3.63, 3.8) is 0 Å². The van der Waals surface area contributed by atoms with Gasteiger partial charge in [-0.2, -0.15) is 0 Å². The van der Waals surface area contributed by atoms with Crippen molar-refractivity contribution in [2.75, 3.05) is 14.2 Å². The Morgan fingerprint density at radius 2 is 1.30 bits per heavy atom. The third-order valence-corrected chi connectivity index (χ3v) is 5.09. The van der Waals surface area contributed by atoms with E-state index in [1.165, 1.54) is 4.90 Å². The summed E-state index contributed by atoms with van der Waals surface area (Å²) in [5.41, 5.74) is 3.36. The van der Waals surface area contributed by atoms with Gasteiger partial charge in [0.1, 0.15) is 11.5 Å². The van der Waals surface area contributed by atoms with E-state index in [2.05, 4.69) is 0 Å². The minimum atomic E-state index is -0.315. The van der Waals surface area contributed by atoms with Crippen molar-refractivity contribution in [2.45, 2.75) is 6.54 Å². The molecule has 150 valence electrons. The Morgan fingerprint density at radius 1 is 0.733 bits per heavy atom. The normalized spacial score (nSPS) is 14.6. The zero-order valence-electron chi connectivity index (χ0n) is 16.8. The molecule has 4 rings (SSSR count). The molecule has 0 N–H and O–H groups in total. The first-order valence-electron chi connectivity index (χ1n) is 9.55. The molecule has 5 nitrogen and oxygen atoms in total. The van der Waals surface area contributed by atoms with Crippen LogP contribution in [0.4, 0.5) is 0 Å². The number of rotatable bonds is 5. The summed E-state index contributed by atoms with van der Waals surface area (Å²) in [6, 6.07) is 22.0. The first kappa shape index (κ1) is 19.5. The van der Waals surface area contributed by atoms with Crippen LogP contribution in [0.25, 0.3) is 11.6 Å². The smallest absolute Gasteiger partial charge is 0.261 e. The lowest BCUT2D eigenvalue weighted by molar-refractivity contribution is -0.123. The summed E-state index contributed by atoms with van der Waals surface area (Å²) in [7, 11) is 3.21. The molecular formula is C25H21NO4. The van der Waals surface area contributed by atoms with Gasteiger partial charge in [-0.3, -0.25) is 14.5 Å². The van der Waals surface area contributed by atoms with Crippen molar-refractivity contribution in [3.05, 3.63) is 95.1 Å². The second kappa shape index (κ2) is 8.25. The van der Waals surface area contributed by atoms with Crippen LogP contribution in [0, 0.1) is 0 Å². The molecule has 2 amide bonds. The van der Waals surface area contributed by atoms with Gasteiger partial charge >= 0.3 is 0 Å². The number of nitrogens with zero attached hydrogens (tertiary/aromatic N) is 1. The molecule has 0 bridgehead atoms. The SMILES string of the molecule is COc1ccc(/C=C2/C(=O)N(Cc3ccc(OC)cc3)C(=O)c3ccccc32)cc1. The molecule has 0 aromatic heterocycles. The van der Waals surface area contributed by atoms with E-state index in [-0.39, 0.29) is 18.4 Å². The maximum atomic E-state index is 13.3. The van der Waals surface area contributed by atoms with E-state index < -0.39 is 0 Å². The lowest BCUT2D eigenvalue weighted by Gasteiger charge is -2.28. The summed E-state index contributed by atoms with van der Waals surface area (Å²) < 4.78 is 10.4. The maximum absolute atomic E-state index is 13.3. The molecule has 0 saturated carbocycles. The van der Waals surface area contributed by atoms with Gasteiger partial charge in [0.15, 0.2) is 0 Å². The molecule has 0 unspecified atom stereocenters. The summed E-state index contributed by atoms with van der Waals surface area (Å²) in [6.45, 7) is 0.190. The lowest BCUT2D eigenvalue weighted by Crippen LogP contribution is -2.41. The monoisotopic (exact) mass is 399 g/mol. The van der Waals surface area contributed by atoms with Crippen LogP contribution in [-0.4, -0.2) is 30.9 Å². The average Bonchev–Trinajstić information content (AvgIpc) is 2.80. The predicted octanol–water partition coefficient (Wildman–Crippen LogP) is 4.43. The van der Waals surface area contributed by atoms with E-state index in [0.717, 1.165) is 22.6 Å². The molecule has 0 radical (unpaired) electrons. The number of imide groups is 1. The number of benzene rings is 3. The number of amides is 2. The van der Waals surface area contributed by atoms with Crippen molar-refractivity contribution < 1.29 is 19.1 Å². The van der Waals surface area contributed by atoms with Gasteiger partial charge in [-0.25, -0.2) is 0 Å². The molecule has 30 heavy (non-hydrogen) atoms. The zero-order chi connectivity index (χ0) is 21.1. The Bertz CT molecular complexity index is 1110. The maximum Gasteiger partial charge on any atom is 0.261 e. The average molecular weight is 399 g/mol. The Labute approximate surface area is 175 Å². The standard InChI is InChI=1S/C25H21NO4/c1-29-19-11-7-17(8-12-19)15-23-21-5-3-4-6-22(21)24(27)26(25(23)28)16-18-9-13-20(30-2)14-10-18/h3-15H,16H2,1-2H3/b23-15+. The first-order chi connectivity index (χ1) is 14.6. The largest absolute Gasteiger partial charge is 0.497 e. The van der Waals surface area contributed by atoms with Gasteiger partial charge in [-0.15, -0.1) is 0 Å². The molecule has 0 fully saturated rings. The summed E-state index contributed by atoms with van der Waals surface area (Å²) in [5, 5.41) is 0. The van der Waals surface area contributed by atoms with Crippen molar-refractivity contribution in [2.24, 2.45) is 0 Å². The second-order valence-corrected chi connectivity index (χ2v) is 6.92. The van der Waals surface area contributed by atoms with Gasteiger partial charge in [-0.1, -0.05) is 42.5 Å². The summed E-state index contributed by atoms with van der Waals surface area (Å²) in [4.78, 5) is 27.7. The number of hydrogen-bond donors (Lipinski definition) is 0. The molecule has 0 aliphatic carbocycles. The Morgan fingerprint density at radius 3 is 1.90 bits per heavy atom. The van der Waals surface area contributed by atoms with Gasteiger partial charge in [0.25, 0.3) is 11.8 Å². The topological polar surface area (TPSA) is 55.8 Å². The van der Waals surface area contributed by atoms with Crippen LogP contribution in [0.5, 0.6) is 11.5 Å². The van der Waals surface area contributed by atoms with Crippen molar-refractivity contribution in [3.8, 4) is 11.5 Å². The zero-order valence-corrected chi connectivity index (χ0v) is 16.8. The van der Waals surface area contributed by atoms with Gasteiger partial charge in [0, 0.05) is 11.1 Å².